The minimum Gasteiger partial charge on any atom is -0.480 e. The SMILES string of the molecule is CC(C)(C(=O)O)c1nc2ncccc2o1. The van der Waals surface area contributed by atoms with Crippen LogP contribution in [0, 0.1) is 0 Å². The van der Waals surface area contributed by atoms with Crippen LogP contribution in [0.5, 0.6) is 0 Å². The van der Waals surface area contributed by atoms with Crippen molar-refractivity contribution in [3.05, 3.63) is 24.2 Å². The average molecular weight is 206 g/mol. The molecule has 0 amide bonds. The molecular formula is C10H10N2O3. The summed E-state index contributed by atoms with van der Waals surface area (Å²) in [4.78, 5) is 19.0. The molecule has 0 aliphatic carbocycles. The lowest BCUT2D eigenvalue weighted by Crippen LogP contribution is -2.28. The summed E-state index contributed by atoms with van der Waals surface area (Å²) in [7, 11) is 0. The fourth-order valence-corrected chi connectivity index (χ4v) is 1.13. The van der Waals surface area contributed by atoms with Crippen LogP contribution in [0.1, 0.15) is 19.7 Å². The van der Waals surface area contributed by atoms with Crippen molar-refractivity contribution in [1.29, 1.82) is 0 Å². The molecular weight excluding hydrogens is 196 g/mol. The first-order chi connectivity index (χ1) is 7.01. The van der Waals surface area contributed by atoms with Gasteiger partial charge in [0.25, 0.3) is 0 Å². The largest absolute Gasteiger partial charge is 0.480 e. The van der Waals surface area contributed by atoms with Gasteiger partial charge < -0.3 is 9.52 Å². The van der Waals surface area contributed by atoms with Gasteiger partial charge in [0.2, 0.25) is 5.89 Å². The van der Waals surface area contributed by atoms with Crippen molar-refractivity contribution in [3.63, 3.8) is 0 Å². The van der Waals surface area contributed by atoms with Gasteiger partial charge in [0.15, 0.2) is 11.2 Å². The molecule has 15 heavy (non-hydrogen) atoms. The number of rotatable bonds is 2. The molecule has 0 saturated heterocycles. The van der Waals surface area contributed by atoms with Gasteiger partial charge in [-0.15, -0.1) is 0 Å². The Morgan fingerprint density at radius 2 is 2.27 bits per heavy atom. The molecule has 2 rings (SSSR count). The quantitative estimate of drug-likeness (QED) is 0.807. The predicted molar refractivity (Wildman–Crippen MR) is 52.5 cm³/mol. The van der Waals surface area contributed by atoms with Crippen LogP contribution < -0.4 is 0 Å². The molecule has 0 bridgehead atoms. The van der Waals surface area contributed by atoms with Gasteiger partial charge in [-0.25, -0.2) is 4.98 Å². The number of pyridine rings is 1. The van der Waals surface area contributed by atoms with Gasteiger partial charge >= 0.3 is 5.97 Å². The minimum absolute atomic E-state index is 0.170. The third-order valence-corrected chi connectivity index (χ3v) is 2.23. The fraction of sp³-hybridized carbons (Fsp3) is 0.300. The van der Waals surface area contributed by atoms with Crippen molar-refractivity contribution < 1.29 is 14.3 Å². The van der Waals surface area contributed by atoms with Crippen molar-refractivity contribution in [2.45, 2.75) is 19.3 Å². The number of fused-ring (bicyclic) bond motifs is 1. The number of hydrogen-bond acceptors (Lipinski definition) is 4. The number of nitrogens with zero attached hydrogens (tertiary/aromatic N) is 2. The van der Waals surface area contributed by atoms with E-state index in [-0.39, 0.29) is 5.89 Å². The van der Waals surface area contributed by atoms with Crippen LogP contribution in [-0.2, 0) is 10.2 Å². The van der Waals surface area contributed by atoms with Crippen LogP contribution in [0.15, 0.2) is 22.7 Å². The van der Waals surface area contributed by atoms with E-state index in [0.717, 1.165) is 0 Å². The molecule has 5 nitrogen and oxygen atoms in total. The molecule has 1 N–H and O–H groups in total. The van der Waals surface area contributed by atoms with Crippen LogP contribution in [-0.4, -0.2) is 21.0 Å². The average Bonchev–Trinajstić information content (AvgIpc) is 2.61. The van der Waals surface area contributed by atoms with E-state index in [1.807, 2.05) is 0 Å². The topological polar surface area (TPSA) is 76.2 Å². The number of carboxylic acid groups (broad SMARTS) is 1. The Kier molecular flexibility index (Phi) is 1.96. The van der Waals surface area contributed by atoms with E-state index in [9.17, 15) is 4.79 Å². The lowest BCUT2D eigenvalue weighted by molar-refractivity contribution is -0.143. The second kappa shape index (κ2) is 3.05. The summed E-state index contributed by atoms with van der Waals surface area (Å²) in [6.45, 7) is 3.08. The van der Waals surface area contributed by atoms with E-state index in [2.05, 4.69) is 9.97 Å². The van der Waals surface area contributed by atoms with E-state index < -0.39 is 11.4 Å². The van der Waals surface area contributed by atoms with Crippen LogP contribution in [0.25, 0.3) is 11.2 Å². The number of aromatic nitrogens is 2. The van der Waals surface area contributed by atoms with Gasteiger partial charge in [0.1, 0.15) is 5.41 Å². The highest BCUT2D eigenvalue weighted by atomic mass is 16.4. The van der Waals surface area contributed by atoms with E-state index in [1.54, 1.807) is 32.2 Å². The number of hydrogen-bond donors (Lipinski definition) is 1. The molecule has 0 atom stereocenters. The van der Waals surface area contributed by atoms with Crippen LogP contribution >= 0.6 is 0 Å². The molecule has 2 aromatic rings. The van der Waals surface area contributed by atoms with E-state index in [1.165, 1.54) is 0 Å². The molecule has 0 aliphatic heterocycles. The zero-order valence-corrected chi connectivity index (χ0v) is 8.39. The number of carbonyl (C=O) groups is 1. The Labute approximate surface area is 85.8 Å². The molecule has 2 aromatic heterocycles. The first-order valence-corrected chi connectivity index (χ1v) is 4.47. The maximum absolute atomic E-state index is 11.0. The van der Waals surface area contributed by atoms with Gasteiger partial charge in [0, 0.05) is 6.20 Å². The maximum atomic E-state index is 11.0. The van der Waals surface area contributed by atoms with Crippen molar-refractivity contribution in [1.82, 2.24) is 9.97 Å². The standard InChI is InChI=1S/C10H10N2O3/c1-10(2,9(13)14)8-12-7-6(15-8)4-3-5-11-7/h3-5H,1-2H3,(H,13,14). The zero-order valence-electron chi connectivity index (χ0n) is 8.39. The van der Waals surface area contributed by atoms with Crippen LogP contribution in [0.4, 0.5) is 0 Å². The summed E-state index contributed by atoms with van der Waals surface area (Å²) >= 11 is 0. The molecule has 0 unspecified atom stereocenters. The second-order valence-electron chi connectivity index (χ2n) is 3.77. The Bertz CT molecular complexity index is 483. The van der Waals surface area contributed by atoms with Crippen molar-refractivity contribution >= 4 is 17.2 Å². The summed E-state index contributed by atoms with van der Waals surface area (Å²) in [5.74, 6) is -0.808. The van der Waals surface area contributed by atoms with Crippen LogP contribution in [0.2, 0.25) is 0 Å². The molecule has 0 aromatic carbocycles. The first kappa shape index (κ1) is 9.64. The Balaban J connectivity index is 2.58. The molecule has 0 aliphatic rings. The number of aliphatic carboxylic acids is 1. The molecule has 78 valence electrons. The Morgan fingerprint density at radius 3 is 2.87 bits per heavy atom. The lowest BCUT2D eigenvalue weighted by atomic mass is 9.94. The normalized spacial score (nSPS) is 11.9. The minimum atomic E-state index is -1.14. The summed E-state index contributed by atoms with van der Waals surface area (Å²) in [6.07, 6.45) is 1.59. The summed E-state index contributed by atoms with van der Waals surface area (Å²) in [6, 6.07) is 3.42. The van der Waals surface area contributed by atoms with E-state index >= 15 is 0 Å². The molecule has 0 saturated carbocycles. The Morgan fingerprint density at radius 1 is 1.53 bits per heavy atom. The number of oxazole rings is 1. The molecule has 0 radical (unpaired) electrons. The highest BCUT2D eigenvalue weighted by molar-refractivity contribution is 5.80. The summed E-state index contributed by atoms with van der Waals surface area (Å²) in [5, 5.41) is 9.00. The molecule has 5 heteroatoms. The van der Waals surface area contributed by atoms with Crippen molar-refractivity contribution in [2.75, 3.05) is 0 Å². The third-order valence-electron chi connectivity index (χ3n) is 2.23. The summed E-state index contributed by atoms with van der Waals surface area (Å²) in [5.41, 5.74) is -0.204. The second-order valence-corrected chi connectivity index (χ2v) is 3.77. The monoisotopic (exact) mass is 206 g/mol. The predicted octanol–water partition coefficient (Wildman–Crippen LogP) is 1.59. The highest BCUT2D eigenvalue weighted by Crippen LogP contribution is 2.25. The van der Waals surface area contributed by atoms with Gasteiger partial charge in [-0.1, -0.05) is 0 Å². The van der Waals surface area contributed by atoms with Crippen molar-refractivity contribution in [2.24, 2.45) is 0 Å². The van der Waals surface area contributed by atoms with Gasteiger partial charge in [-0.05, 0) is 26.0 Å². The first-order valence-electron chi connectivity index (χ1n) is 4.47. The van der Waals surface area contributed by atoms with Gasteiger partial charge in [0.05, 0.1) is 0 Å². The molecule has 2 heterocycles. The fourth-order valence-electron chi connectivity index (χ4n) is 1.13. The zero-order chi connectivity index (χ0) is 11.1. The van der Waals surface area contributed by atoms with Gasteiger partial charge in [-0.3, -0.25) is 4.79 Å². The smallest absolute Gasteiger partial charge is 0.318 e. The lowest BCUT2D eigenvalue weighted by Gasteiger charge is -2.13. The van der Waals surface area contributed by atoms with Crippen molar-refractivity contribution in [3.8, 4) is 0 Å². The van der Waals surface area contributed by atoms with Gasteiger partial charge in [-0.2, -0.15) is 4.98 Å². The number of carboxylic acids is 1. The summed E-state index contributed by atoms with van der Waals surface area (Å²) < 4.78 is 5.34. The maximum Gasteiger partial charge on any atom is 0.318 e. The van der Waals surface area contributed by atoms with Crippen LogP contribution in [0.3, 0.4) is 0 Å². The molecule has 0 fully saturated rings. The Hall–Kier alpha value is -1.91. The molecule has 0 spiro atoms. The highest BCUT2D eigenvalue weighted by Gasteiger charge is 2.35. The van der Waals surface area contributed by atoms with E-state index in [0.29, 0.717) is 11.2 Å². The third kappa shape index (κ3) is 1.45. The van der Waals surface area contributed by atoms with E-state index in [4.69, 9.17) is 9.52 Å².